The van der Waals surface area contributed by atoms with Crippen LogP contribution >= 0.6 is 0 Å². The fourth-order valence-electron chi connectivity index (χ4n) is 4.24. The minimum atomic E-state index is -0.556. The number of rotatable bonds is 4. The Morgan fingerprint density at radius 3 is 2.77 bits per heavy atom. The summed E-state index contributed by atoms with van der Waals surface area (Å²) in [7, 11) is 0. The van der Waals surface area contributed by atoms with Gasteiger partial charge in [-0.05, 0) is 55.6 Å². The molecule has 1 aromatic heterocycles. The molecular formula is C19H23N5O2. The van der Waals surface area contributed by atoms with Crippen molar-refractivity contribution in [2.24, 2.45) is 17.1 Å². The minimum absolute atomic E-state index is 0.120. The lowest BCUT2D eigenvalue weighted by Crippen LogP contribution is -2.44. The molecule has 2 atom stereocenters. The molecule has 0 bridgehead atoms. The molecule has 2 heterocycles. The molecule has 1 aliphatic heterocycles. The van der Waals surface area contributed by atoms with Crippen LogP contribution in [-0.4, -0.2) is 34.7 Å². The van der Waals surface area contributed by atoms with E-state index in [4.69, 9.17) is 5.73 Å². The highest BCUT2D eigenvalue weighted by atomic mass is 16.2. The topological polar surface area (TPSA) is 102 Å². The number of carbonyl (C=O) groups excluding carboxylic acids is 2. The van der Waals surface area contributed by atoms with E-state index in [1.165, 1.54) is 6.42 Å². The van der Waals surface area contributed by atoms with E-state index >= 15 is 0 Å². The molecule has 0 spiro atoms. The van der Waals surface area contributed by atoms with Gasteiger partial charge in [0.2, 0.25) is 5.91 Å². The Hall–Kier alpha value is -2.67. The van der Waals surface area contributed by atoms with Crippen LogP contribution in [0.1, 0.15) is 36.2 Å². The number of anilines is 1. The van der Waals surface area contributed by atoms with E-state index in [1.807, 2.05) is 24.3 Å². The summed E-state index contributed by atoms with van der Waals surface area (Å²) in [5.74, 6) is 0.000899. The Morgan fingerprint density at radius 1 is 1.23 bits per heavy atom. The van der Waals surface area contributed by atoms with Gasteiger partial charge in [0.1, 0.15) is 5.69 Å². The van der Waals surface area contributed by atoms with Crippen LogP contribution in [0, 0.1) is 11.3 Å². The minimum Gasteiger partial charge on any atom is -0.364 e. The van der Waals surface area contributed by atoms with Crippen molar-refractivity contribution in [2.45, 2.75) is 25.7 Å². The first-order valence-electron chi connectivity index (χ1n) is 9.07. The first-order valence-corrected chi connectivity index (χ1v) is 9.07. The molecule has 4 rings (SSSR count). The van der Waals surface area contributed by atoms with Gasteiger partial charge >= 0.3 is 0 Å². The molecule has 0 radical (unpaired) electrons. The largest absolute Gasteiger partial charge is 0.364 e. The molecular weight excluding hydrogens is 330 g/mol. The summed E-state index contributed by atoms with van der Waals surface area (Å²) in [6.07, 6.45) is 6.10. The average molecular weight is 353 g/mol. The van der Waals surface area contributed by atoms with Crippen LogP contribution in [0.15, 0.2) is 36.5 Å². The molecule has 2 amide bonds. The van der Waals surface area contributed by atoms with Crippen LogP contribution < -0.4 is 16.4 Å². The third-order valence-electron chi connectivity index (χ3n) is 5.72. The summed E-state index contributed by atoms with van der Waals surface area (Å²) in [4.78, 5) is 24.1. The van der Waals surface area contributed by atoms with Crippen molar-refractivity contribution >= 4 is 17.5 Å². The van der Waals surface area contributed by atoms with Gasteiger partial charge in [0.05, 0.1) is 11.1 Å². The van der Waals surface area contributed by atoms with Gasteiger partial charge in [0.25, 0.3) is 5.91 Å². The summed E-state index contributed by atoms with van der Waals surface area (Å²) in [5, 5.41) is 10.6. The molecule has 0 unspecified atom stereocenters. The number of primary amides is 1. The Kier molecular flexibility index (Phi) is 4.24. The Balaban J connectivity index is 1.48. The highest BCUT2D eigenvalue weighted by molar-refractivity contribution is 5.96. The Bertz CT molecular complexity index is 829. The van der Waals surface area contributed by atoms with E-state index in [0.29, 0.717) is 5.92 Å². The highest BCUT2D eigenvalue weighted by Gasteiger charge is 2.49. The lowest BCUT2D eigenvalue weighted by atomic mass is 9.67. The van der Waals surface area contributed by atoms with Gasteiger partial charge in [-0.2, -0.15) is 5.10 Å². The molecule has 2 fully saturated rings. The van der Waals surface area contributed by atoms with Crippen molar-refractivity contribution < 1.29 is 9.59 Å². The van der Waals surface area contributed by atoms with Crippen LogP contribution in [0.5, 0.6) is 0 Å². The Morgan fingerprint density at radius 2 is 2.04 bits per heavy atom. The van der Waals surface area contributed by atoms with Gasteiger partial charge in [-0.1, -0.05) is 12.8 Å². The van der Waals surface area contributed by atoms with Crippen LogP contribution in [0.3, 0.4) is 0 Å². The van der Waals surface area contributed by atoms with E-state index in [2.05, 4.69) is 15.7 Å². The number of aromatic nitrogens is 2. The number of nitrogens with zero attached hydrogens (tertiary/aromatic N) is 2. The zero-order chi connectivity index (χ0) is 18.1. The molecule has 26 heavy (non-hydrogen) atoms. The quantitative estimate of drug-likeness (QED) is 0.778. The third kappa shape index (κ3) is 2.88. The molecule has 1 saturated heterocycles. The molecule has 7 nitrogen and oxygen atoms in total. The summed E-state index contributed by atoms with van der Waals surface area (Å²) >= 11 is 0. The number of nitrogens with two attached hydrogens (primary N) is 1. The highest BCUT2D eigenvalue weighted by Crippen LogP contribution is 2.44. The molecule has 136 valence electrons. The SMILES string of the molecule is NC(=O)c1ccn(-c2ccc(NC(=O)[C@@]34CCCC[C@H]3CNC4)cc2)n1. The van der Waals surface area contributed by atoms with E-state index < -0.39 is 5.91 Å². The van der Waals surface area contributed by atoms with Gasteiger partial charge in [0.15, 0.2) is 0 Å². The normalized spacial score (nSPS) is 24.8. The zero-order valence-electron chi connectivity index (χ0n) is 14.6. The number of carbonyl (C=O) groups is 2. The maximum Gasteiger partial charge on any atom is 0.269 e. The second-order valence-corrected chi connectivity index (χ2v) is 7.24. The van der Waals surface area contributed by atoms with E-state index in [0.717, 1.165) is 43.7 Å². The van der Waals surface area contributed by atoms with Crippen LogP contribution in [0.2, 0.25) is 0 Å². The number of hydrogen-bond acceptors (Lipinski definition) is 4. The van der Waals surface area contributed by atoms with Crippen LogP contribution in [-0.2, 0) is 4.79 Å². The lowest BCUT2D eigenvalue weighted by molar-refractivity contribution is -0.128. The number of nitrogens with one attached hydrogen (secondary N) is 2. The van der Waals surface area contributed by atoms with Gasteiger partial charge in [0, 0.05) is 18.4 Å². The van der Waals surface area contributed by atoms with Gasteiger partial charge < -0.3 is 16.4 Å². The second kappa shape index (κ2) is 6.57. The number of fused-ring (bicyclic) bond motifs is 1. The Labute approximate surface area is 151 Å². The van der Waals surface area contributed by atoms with E-state index in [-0.39, 0.29) is 17.0 Å². The number of benzene rings is 1. The first-order chi connectivity index (χ1) is 12.6. The molecule has 2 aromatic rings. The van der Waals surface area contributed by atoms with E-state index in [1.54, 1.807) is 16.9 Å². The summed E-state index contributed by atoms with van der Waals surface area (Å²) in [6, 6.07) is 9.01. The molecule has 2 aliphatic rings. The fourth-order valence-corrected chi connectivity index (χ4v) is 4.24. The van der Waals surface area contributed by atoms with Crippen molar-refractivity contribution in [2.75, 3.05) is 18.4 Å². The van der Waals surface area contributed by atoms with Gasteiger partial charge in [-0.15, -0.1) is 0 Å². The predicted octanol–water partition coefficient (Wildman–Crippen LogP) is 1.69. The standard InChI is InChI=1S/C19H23N5O2/c20-17(25)16-8-10-24(23-16)15-6-4-14(5-7-15)22-18(26)19-9-2-1-3-13(19)11-21-12-19/h4-8,10,13,21H,1-3,9,11-12H2,(H2,20,25)(H,22,26)/t13-,19+/m0/s1. The van der Waals surface area contributed by atoms with Crippen molar-refractivity contribution in [3.8, 4) is 5.69 Å². The smallest absolute Gasteiger partial charge is 0.269 e. The van der Waals surface area contributed by atoms with Gasteiger partial charge in [-0.25, -0.2) is 4.68 Å². The van der Waals surface area contributed by atoms with Crippen LogP contribution in [0.25, 0.3) is 5.69 Å². The second-order valence-electron chi connectivity index (χ2n) is 7.24. The number of amides is 2. The first kappa shape index (κ1) is 16.8. The van der Waals surface area contributed by atoms with Crippen molar-refractivity contribution in [1.29, 1.82) is 0 Å². The molecule has 1 aliphatic carbocycles. The van der Waals surface area contributed by atoms with E-state index in [9.17, 15) is 9.59 Å². The van der Waals surface area contributed by atoms with Crippen molar-refractivity contribution in [3.63, 3.8) is 0 Å². The van der Waals surface area contributed by atoms with Crippen molar-refractivity contribution in [1.82, 2.24) is 15.1 Å². The lowest BCUT2D eigenvalue weighted by Gasteiger charge is -2.37. The zero-order valence-corrected chi connectivity index (χ0v) is 14.6. The molecule has 1 aromatic carbocycles. The maximum atomic E-state index is 13.0. The monoisotopic (exact) mass is 353 g/mol. The summed E-state index contributed by atoms with van der Waals surface area (Å²) in [6.45, 7) is 1.71. The molecule has 4 N–H and O–H groups in total. The van der Waals surface area contributed by atoms with Gasteiger partial charge in [-0.3, -0.25) is 9.59 Å². The van der Waals surface area contributed by atoms with Crippen molar-refractivity contribution in [3.05, 3.63) is 42.2 Å². The number of hydrogen-bond donors (Lipinski definition) is 3. The predicted molar refractivity (Wildman–Crippen MR) is 98.0 cm³/mol. The summed E-state index contributed by atoms with van der Waals surface area (Å²) < 4.78 is 1.59. The molecule has 7 heteroatoms. The van der Waals surface area contributed by atoms with Crippen LogP contribution in [0.4, 0.5) is 5.69 Å². The molecule has 1 saturated carbocycles. The maximum absolute atomic E-state index is 13.0. The average Bonchev–Trinajstić information content (AvgIpc) is 3.30. The fraction of sp³-hybridized carbons (Fsp3) is 0.421. The summed E-state index contributed by atoms with van der Waals surface area (Å²) in [5.41, 5.74) is 6.75. The third-order valence-corrected chi connectivity index (χ3v) is 5.72.